The van der Waals surface area contributed by atoms with Crippen molar-refractivity contribution in [1.29, 1.82) is 0 Å². The van der Waals surface area contributed by atoms with Crippen LogP contribution in [0.1, 0.15) is 16.1 Å². The number of rotatable bonds is 4. The van der Waals surface area contributed by atoms with Gasteiger partial charge in [-0.25, -0.2) is 8.78 Å². The largest absolute Gasteiger partial charge is 0.346 e. The van der Waals surface area contributed by atoms with Gasteiger partial charge in [-0.15, -0.1) is 0 Å². The van der Waals surface area contributed by atoms with Gasteiger partial charge in [0.05, 0.1) is 6.20 Å². The van der Waals surface area contributed by atoms with E-state index < -0.39 is 11.7 Å². The summed E-state index contributed by atoms with van der Waals surface area (Å²) in [5, 5.41) is 9.28. The summed E-state index contributed by atoms with van der Waals surface area (Å²) in [4.78, 5) is 12.3. The molecule has 0 atom stereocenters. The SMILES string of the molecule is O=C(NCc1c(F)cccc1Cl)c1[nH]ncc1-c1ccc(F)cc1. The lowest BCUT2D eigenvalue weighted by atomic mass is 10.1. The average Bonchev–Trinajstić information content (AvgIpc) is 3.04. The number of H-pyrrole nitrogens is 1. The van der Waals surface area contributed by atoms with E-state index in [9.17, 15) is 13.6 Å². The highest BCUT2D eigenvalue weighted by molar-refractivity contribution is 6.31. The van der Waals surface area contributed by atoms with Crippen LogP contribution in [0.2, 0.25) is 5.02 Å². The Morgan fingerprint density at radius 1 is 1.17 bits per heavy atom. The molecule has 0 radical (unpaired) electrons. The minimum Gasteiger partial charge on any atom is -0.346 e. The molecule has 1 heterocycles. The Hall–Kier alpha value is -2.73. The molecule has 1 aromatic heterocycles. The van der Waals surface area contributed by atoms with Crippen molar-refractivity contribution in [2.75, 3.05) is 0 Å². The van der Waals surface area contributed by atoms with Crippen LogP contribution in [0.15, 0.2) is 48.7 Å². The fourth-order valence-corrected chi connectivity index (χ4v) is 2.50. The van der Waals surface area contributed by atoms with E-state index in [0.29, 0.717) is 11.1 Å². The Kier molecular flexibility index (Phi) is 4.57. The van der Waals surface area contributed by atoms with Crippen LogP contribution in [-0.4, -0.2) is 16.1 Å². The lowest BCUT2D eigenvalue weighted by molar-refractivity contribution is 0.0946. The van der Waals surface area contributed by atoms with Crippen LogP contribution >= 0.6 is 11.6 Å². The highest BCUT2D eigenvalue weighted by Crippen LogP contribution is 2.23. The summed E-state index contributed by atoms with van der Waals surface area (Å²) in [5.74, 6) is -1.33. The van der Waals surface area contributed by atoms with Gasteiger partial charge in [0.25, 0.3) is 5.91 Å². The third kappa shape index (κ3) is 3.28. The smallest absolute Gasteiger partial charge is 0.270 e. The zero-order chi connectivity index (χ0) is 17.1. The molecule has 3 rings (SSSR count). The molecule has 0 unspecified atom stereocenters. The second-order valence-corrected chi connectivity index (χ2v) is 5.46. The highest BCUT2D eigenvalue weighted by Gasteiger charge is 2.16. The Labute approximate surface area is 141 Å². The molecule has 4 nitrogen and oxygen atoms in total. The van der Waals surface area contributed by atoms with E-state index in [-0.39, 0.29) is 28.6 Å². The van der Waals surface area contributed by atoms with Crippen molar-refractivity contribution < 1.29 is 13.6 Å². The molecular weight excluding hydrogens is 336 g/mol. The van der Waals surface area contributed by atoms with Crippen molar-refractivity contribution in [1.82, 2.24) is 15.5 Å². The highest BCUT2D eigenvalue weighted by atomic mass is 35.5. The van der Waals surface area contributed by atoms with Gasteiger partial charge in [0, 0.05) is 22.7 Å². The molecule has 0 spiro atoms. The number of aromatic nitrogens is 2. The van der Waals surface area contributed by atoms with Crippen molar-refractivity contribution >= 4 is 17.5 Å². The van der Waals surface area contributed by atoms with E-state index in [1.54, 1.807) is 18.2 Å². The van der Waals surface area contributed by atoms with Gasteiger partial charge in [-0.2, -0.15) is 5.10 Å². The van der Waals surface area contributed by atoms with Crippen LogP contribution < -0.4 is 5.32 Å². The molecule has 7 heteroatoms. The molecule has 0 fully saturated rings. The van der Waals surface area contributed by atoms with Gasteiger partial charge in [0.15, 0.2) is 0 Å². The first-order valence-corrected chi connectivity index (χ1v) is 7.44. The van der Waals surface area contributed by atoms with Crippen molar-refractivity contribution in [3.05, 3.63) is 76.6 Å². The molecule has 0 aliphatic rings. The van der Waals surface area contributed by atoms with E-state index >= 15 is 0 Å². The molecule has 0 bridgehead atoms. The molecule has 2 aromatic carbocycles. The van der Waals surface area contributed by atoms with E-state index in [0.717, 1.165) is 0 Å². The van der Waals surface area contributed by atoms with Crippen LogP contribution in [0, 0.1) is 11.6 Å². The molecular formula is C17H12ClF2N3O. The standard InChI is InChI=1S/C17H12ClF2N3O/c18-14-2-1-3-15(20)13(14)8-21-17(24)16-12(9-22-23-16)10-4-6-11(19)7-5-10/h1-7,9H,8H2,(H,21,24)(H,22,23). The number of nitrogens with one attached hydrogen (secondary N) is 2. The molecule has 1 amide bonds. The number of amides is 1. The molecule has 0 aliphatic carbocycles. The van der Waals surface area contributed by atoms with Gasteiger partial charge < -0.3 is 5.32 Å². The van der Waals surface area contributed by atoms with Gasteiger partial charge in [-0.3, -0.25) is 9.89 Å². The zero-order valence-electron chi connectivity index (χ0n) is 12.3. The lowest BCUT2D eigenvalue weighted by Gasteiger charge is -2.08. The number of hydrogen-bond donors (Lipinski definition) is 2. The number of nitrogens with zero attached hydrogens (tertiary/aromatic N) is 1. The predicted molar refractivity (Wildman–Crippen MR) is 86.6 cm³/mol. The van der Waals surface area contributed by atoms with Crippen LogP contribution in [-0.2, 0) is 6.54 Å². The van der Waals surface area contributed by atoms with Gasteiger partial charge in [0.1, 0.15) is 17.3 Å². The summed E-state index contributed by atoms with van der Waals surface area (Å²) in [6.45, 7) is -0.0633. The summed E-state index contributed by atoms with van der Waals surface area (Å²) in [6, 6.07) is 9.99. The van der Waals surface area contributed by atoms with Gasteiger partial charge in [-0.1, -0.05) is 29.8 Å². The molecule has 122 valence electrons. The van der Waals surface area contributed by atoms with E-state index in [2.05, 4.69) is 15.5 Å². The van der Waals surface area contributed by atoms with Crippen LogP contribution in [0.5, 0.6) is 0 Å². The monoisotopic (exact) mass is 347 g/mol. The Morgan fingerprint density at radius 3 is 2.62 bits per heavy atom. The summed E-state index contributed by atoms with van der Waals surface area (Å²) in [6.07, 6.45) is 1.47. The Balaban J connectivity index is 1.79. The fraction of sp³-hybridized carbons (Fsp3) is 0.0588. The minimum absolute atomic E-state index is 0.0633. The second-order valence-electron chi connectivity index (χ2n) is 5.05. The molecule has 24 heavy (non-hydrogen) atoms. The zero-order valence-corrected chi connectivity index (χ0v) is 13.1. The van der Waals surface area contributed by atoms with E-state index in [1.165, 1.54) is 30.5 Å². The normalized spacial score (nSPS) is 10.6. The van der Waals surface area contributed by atoms with Gasteiger partial charge >= 0.3 is 0 Å². The van der Waals surface area contributed by atoms with Crippen LogP contribution in [0.25, 0.3) is 11.1 Å². The number of aromatic amines is 1. The topological polar surface area (TPSA) is 57.8 Å². The third-order valence-corrected chi connectivity index (χ3v) is 3.86. The quantitative estimate of drug-likeness (QED) is 0.751. The number of benzene rings is 2. The molecule has 0 saturated carbocycles. The van der Waals surface area contributed by atoms with Crippen LogP contribution in [0.4, 0.5) is 8.78 Å². The van der Waals surface area contributed by atoms with Crippen molar-refractivity contribution in [3.8, 4) is 11.1 Å². The number of carbonyl (C=O) groups excluding carboxylic acids is 1. The lowest BCUT2D eigenvalue weighted by Crippen LogP contribution is -2.24. The predicted octanol–water partition coefficient (Wildman–Crippen LogP) is 3.94. The summed E-state index contributed by atoms with van der Waals surface area (Å²) < 4.78 is 26.8. The maximum Gasteiger partial charge on any atom is 0.270 e. The molecule has 0 aliphatic heterocycles. The number of carbonyl (C=O) groups is 1. The molecule has 0 saturated heterocycles. The van der Waals surface area contributed by atoms with E-state index in [1.807, 2.05) is 0 Å². The first-order chi connectivity index (χ1) is 11.6. The number of halogens is 3. The minimum atomic E-state index is -0.494. The fourth-order valence-electron chi connectivity index (χ4n) is 2.27. The maximum absolute atomic E-state index is 13.7. The Bertz CT molecular complexity index is 858. The van der Waals surface area contributed by atoms with Crippen LogP contribution in [0.3, 0.4) is 0 Å². The van der Waals surface area contributed by atoms with Crippen molar-refractivity contribution in [2.45, 2.75) is 6.54 Å². The summed E-state index contributed by atoms with van der Waals surface area (Å²) >= 11 is 5.93. The number of hydrogen-bond acceptors (Lipinski definition) is 2. The van der Waals surface area contributed by atoms with E-state index in [4.69, 9.17) is 11.6 Å². The first-order valence-electron chi connectivity index (χ1n) is 7.06. The van der Waals surface area contributed by atoms with Crippen molar-refractivity contribution in [3.63, 3.8) is 0 Å². The van der Waals surface area contributed by atoms with Crippen molar-refractivity contribution in [2.24, 2.45) is 0 Å². The first kappa shape index (κ1) is 16.1. The molecule has 3 aromatic rings. The summed E-state index contributed by atoms with van der Waals surface area (Å²) in [7, 11) is 0. The third-order valence-electron chi connectivity index (χ3n) is 3.51. The summed E-state index contributed by atoms with van der Waals surface area (Å²) in [5.41, 5.74) is 1.57. The average molecular weight is 348 g/mol. The Morgan fingerprint density at radius 2 is 1.92 bits per heavy atom. The maximum atomic E-state index is 13.7. The van der Waals surface area contributed by atoms with Gasteiger partial charge in [0.2, 0.25) is 0 Å². The second kappa shape index (κ2) is 6.80. The molecule has 2 N–H and O–H groups in total. The van der Waals surface area contributed by atoms with Gasteiger partial charge in [-0.05, 0) is 29.8 Å².